The number of phenols is 1. The van der Waals surface area contributed by atoms with Crippen LogP contribution in [-0.2, 0) is 14.8 Å². The highest BCUT2D eigenvalue weighted by molar-refractivity contribution is 7.88. The van der Waals surface area contributed by atoms with Gasteiger partial charge in [-0.1, -0.05) is 18.2 Å². The van der Waals surface area contributed by atoms with Crippen molar-refractivity contribution in [2.24, 2.45) is 5.92 Å². The molecule has 2 fully saturated rings. The second kappa shape index (κ2) is 10.2. The second-order valence-electron chi connectivity index (χ2n) is 9.08. The monoisotopic (exact) mass is 459 g/mol. The van der Waals surface area contributed by atoms with Crippen LogP contribution >= 0.6 is 0 Å². The highest BCUT2D eigenvalue weighted by Gasteiger charge is 2.33. The molecule has 1 saturated carbocycles. The van der Waals surface area contributed by atoms with E-state index in [1.165, 1.54) is 11.8 Å². The molecular weight excluding hydrogens is 426 g/mol. The first-order valence-corrected chi connectivity index (χ1v) is 13.3. The number of nitrogens with zero attached hydrogens (tertiary/aromatic N) is 2. The number of nitrogens with one attached hydrogen (secondary N) is 1. The van der Waals surface area contributed by atoms with Crippen LogP contribution in [-0.4, -0.2) is 56.6 Å². The van der Waals surface area contributed by atoms with E-state index < -0.39 is 10.0 Å². The smallest absolute Gasteiger partial charge is 0.208 e. The summed E-state index contributed by atoms with van der Waals surface area (Å²) >= 11 is 0. The third-order valence-electron chi connectivity index (χ3n) is 6.66. The van der Waals surface area contributed by atoms with Gasteiger partial charge in [-0.15, -0.1) is 0 Å². The molecule has 0 radical (unpaired) electrons. The van der Waals surface area contributed by atoms with Crippen molar-refractivity contribution < 1.29 is 18.3 Å². The van der Waals surface area contributed by atoms with Gasteiger partial charge in [0.2, 0.25) is 10.0 Å². The minimum Gasteiger partial charge on any atom is -0.508 e. The predicted molar refractivity (Wildman–Crippen MR) is 125 cm³/mol. The van der Waals surface area contributed by atoms with Crippen LogP contribution in [0.5, 0.6) is 5.75 Å². The molecule has 4 rings (SSSR count). The maximum absolute atomic E-state index is 11.9. The predicted octanol–water partition coefficient (Wildman–Crippen LogP) is 3.27. The molecule has 1 aliphatic heterocycles. The van der Waals surface area contributed by atoms with E-state index in [1.807, 2.05) is 30.3 Å². The molecule has 1 aromatic heterocycles. The number of hydrogen-bond acceptors (Lipinski definition) is 6. The van der Waals surface area contributed by atoms with Gasteiger partial charge in [0.1, 0.15) is 11.6 Å². The summed E-state index contributed by atoms with van der Waals surface area (Å²) in [5, 5.41) is 9.50. The Bertz CT molecular complexity index is 960. The number of piperidine rings is 1. The van der Waals surface area contributed by atoms with Gasteiger partial charge >= 0.3 is 0 Å². The number of hydrogen-bond donors (Lipinski definition) is 2. The summed E-state index contributed by atoms with van der Waals surface area (Å²) in [5.74, 6) is 1.79. The molecule has 1 aromatic carbocycles. The molecule has 2 heterocycles. The summed E-state index contributed by atoms with van der Waals surface area (Å²) in [7, 11) is -3.28. The average Bonchev–Trinajstić information content (AvgIpc) is 2.79. The molecule has 0 bridgehead atoms. The lowest BCUT2D eigenvalue weighted by Crippen LogP contribution is -2.52. The molecule has 1 aliphatic carbocycles. The Morgan fingerprint density at radius 2 is 1.84 bits per heavy atom. The zero-order valence-corrected chi connectivity index (χ0v) is 19.4. The zero-order valence-electron chi connectivity index (χ0n) is 18.6. The van der Waals surface area contributed by atoms with Crippen molar-refractivity contribution in [3.05, 3.63) is 54.2 Å². The Balaban J connectivity index is 1.34. The Hall–Kier alpha value is -2.16. The molecular formula is C24H33N3O4S. The summed E-state index contributed by atoms with van der Waals surface area (Å²) in [6.07, 6.45) is 8.04. The van der Waals surface area contributed by atoms with Crippen molar-refractivity contribution in [1.82, 2.24) is 9.71 Å². The Labute approximate surface area is 190 Å². The number of anilines is 1. The lowest BCUT2D eigenvalue weighted by atomic mass is 9.82. The zero-order chi connectivity index (χ0) is 22.6. The fourth-order valence-corrected chi connectivity index (χ4v) is 5.81. The van der Waals surface area contributed by atoms with Gasteiger partial charge in [-0.2, -0.15) is 0 Å². The lowest BCUT2D eigenvalue weighted by molar-refractivity contribution is -0.00213. The van der Waals surface area contributed by atoms with E-state index >= 15 is 0 Å². The molecule has 8 heteroatoms. The third-order valence-corrected chi connectivity index (χ3v) is 7.39. The van der Waals surface area contributed by atoms with Crippen molar-refractivity contribution in [3.8, 4) is 5.75 Å². The molecule has 0 amide bonds. The first-order chi connectivity index (χ1) is 15.4. The largest absolute Gasteiger partial charge is 0.508 e. The topological polar surface area (TPSA) is 91.8 Å². The van der Waals surface area contributed by atoms with Crippen LogP contribution in [0, 0.1) is 5.92 Å². The fourth-order valence-electron chi connectivity index (χ4n) is 4.95. The SMILES string of the molecule is CS(=O)(=O)NC1CCN(c2ccccn2)CC1CO[C@H]1CC[C@@H](c2ccc(O)cc2)CC1. The summed E-state index contributed by atoms with van der Waals surface area (Å²) in [6, 6.07) is 13.3. The number of aromatic hydroxyl groups is 1. The molecule has 2 atom stereocenters. The molecule has 7 nitrogen and oxygen atoms in total. The Kier molecular flexibility index (Phi) is 7.33. The van der Waals surface area contributed by atoms with E-state index in [0.29, 0.717) is 24.8 Å². The first-order valence-electron chi connectivity index (χ1n) is 11.4. The Morgan fingerprint density at radius 1 is 1.09 bits per heavy atom. The lowest BCUT2D eigenvalue weighted by Gasteiger charge is -2.40. The van der Waals surface area contributed by atoms with E-state index in [4.69, 9.17) is 4.74 Å². The summed E-state index contributed by atoms with van der Waals surface area (Å²) in [5.41, 5.74) is 1.27. The highest BCUT2D eigenvalue weighted by Crippen LogP contribution is 2.35. The van der Waals surface area contributed by atoms with Crippen LogP contribution in [0.4, 0.5) is 5.82 Å². The van der Waals surface area contributed by atoms with Gasteiger partial charge in [0.15, 0.2) is 0 Å². The van der Waals surface area contributed by atoms with E-state index in [0.717, 1.165) is 44.5 Å². The normalized spacial score (nSPS) is 26.7. The highest BCUT2D eigenvalue weighted by atomic mass is 32.2. The van der Waals surface area contributed by atoms with Crippen molar-refractivity contribution in [2.75, 3.05) is 30.9 Å². The van der Waals surface area contributed by atoms with E-state index in [2.05, 4.69) is 14.6 Å². The van der Waals surface area contributed by atoms with Crippen molar-refractivity contribution in [3.63, 3.8) is 0 Å². The van der Waals surface area contributed by atoms with Crippen LogP contribution in [0.1, 0.15) is 43.6 Å². The van der Waals surface area contributed by atoms with Crippen molar-refractivity contribution in [1.29, 1.82) is 0 Å². The van der Waals surface area contributed by atoms with E-state index in [-0.39, 0.29) is 18.1 Å². The van der Waals surface area contributed by atoms with Crippen LogP contribution in [0.25, 0.3) is 0 Å². The third kappa shape index (κ3) is 6.21. The number of phenolic OH excluding ortho intramolecular Hbond substituents is 1. The van der Waals surface area contributed by atoms with Gasteiger partial charge in [-0.3, -0.25) is 0 Å². The summed E-state index contributed by atoms with van der Waals surface area (Å²) < 4.78 is 33.0. The number of aromatic nitrogens is 1. The first kappa shape index (κ1) is 23.0. The number of pyridine rings is 1. The maximum Gasteiger partial charge on any atom is 0.208 e. The minimum atomic E-state index is -3.28. The molecule has 1 saturated heterocycles. The molecule has 2 aliphatic rings. The Morgan fingerprint density at radius 3 is 2.50 bits per heavy atom. The fraction of sp³-hybridized carbons (Fsp3) is 0.542. The van der Waals surface area contributed by atoms with Crippen molar-refractivity contribution >= 4 is 15.8 Å². The van der Waals surface area contributed by atoms with Gasteiger partial charge in [-0.05, 0) is 67.9 Å². The van der Waals surface area contributed by atoms with Crippen LogP contribution < -0.4 is 9.62 Å². The minimum absolute atomic E-state index is 0.0651. The molecule has 174 valence electrons. The molecule has 2 N–H and O–H groups in total. The van der Waals surface area contributed by atoms with E-state index in [1.54, 1.807) is 18.3 Å². The number of ether oxygens (including phenoxy) is 1. The quantitative estimate of drug-likeness (QED) is 0.660. The summed E-state index contributed by atoms with van der Waals surface area (Å²) in [4.78, 5) is 6.68. The van der Waals surface area contributed by atoms with Gasteiger partial charge in [0.25, 0.3) is 0 Å². The molecule has 2 aromatic rings. The number of rotatable bonds is 7. The van der Waals surface area contributed by atoms with Gasteiger partial charge in [-0.25, -0.2) is 18.1 Å². The number of sulfonamides is 1. The van der Waals surface area contributed by atoms with E-state index in [9.17, 15) is 13.5 Å². The van der Waals surface area contributed by atoms with Crippen molar-refractivity contribution in [2.45, 2.75) is 50.2 Å². The summed E-state index contributed by atoms with van der Waals surface area (Å²) in [6.45, 7) is 2.01. The van der Waals surface area contributed by atoms with Crippen LogP contribution in [0.15, 0.2) is 48.7 Å². The maximum atomic E-state index is 11.9. The van der Waals surface area contributed by atoms with Crippen LogP contribution in [0.2, 0.25) is 0 Å². The molecule has 2 unspecified atom stereocenters. The molecule has 0 spiro atoms. The standard InChI is InChI=1S/C24H33N3O4S/c1-32(29,30)26-23-13-15-27(24-4-2-3-14-25-24)16-20(23)17-31-22-11-7-19(8-12-22)18-5-9-21(28)10-6-18/h2-6,9-10,14,19-20,22-23,26,28H,7-8,11-13,15-17H2,1H3/t19-,20?,22+,23?. The van der Waals surface area contributed by atoms with Gasteiger partial charge in [0.05, 0.1) is 19.0 Å². The van der Waals surface area contributed by atoms with Gasteiger partial charge in [0, 0.05) is 31.2 Å². The second-order valence-corrected chi connectivity index (χ2v) is 10.9. The average molecular weight is 460 g/mol. The van der Waals surface area contributed by atoms with Crippen LogP contribution in [0.3, 0.4) is 0 Å². The molecule has 32 heavy (non-hydrogen) atoms. The number of benzene rings is 1. The van der Waals surface area contributed by atoms with Gasteiger partial charge < -0.3 is 14.7 Å².